The van der Waals surface area contributed by atoms with Crippen LogP contribution in [0.1, 0.15) is 101 Å². The highest BCUT2D eigenvalue weighted by Crippen LogP contribution is 2.37. The summed E-state index contributed by atoms with van der Waals surface area (Å²) in [7, 11) is 0. The lowest BCUT2D eigenvalue weighted by molar-refractivity contribution is 0.0926. The van der Waals surface area contributed by atoms with Gasteiger partial charge in [0.2, 0.25) is 0 Å². The smallest absolute Gasteiger partial charge is 0.267 e. The van der Waals surface area contributed by atoms with Crippen molar-refractivity contribution in [2.75, 3.05) is 4.90 Å². The molecule has 3 rings (SSSR count). The molecule has 0 radical (unpaired) electrons. The van der Waals surface area contributed by atoms with Crippen molar-refractivity contribution in [3.63, 3.8) is 0 Å². The van der Waals surface area contributed by atoms with E-state index in [1.807, 2.05) is 26.0 Å². The van der Waals surface area contributed by atoms with E-state index in [0.717, 1.165) is 16.2 Å². The summed E-state index contributed by atoms with van der Waals surface area (Å²) in [6, 6.07) is 7.95. The van der Waals surface area contributed by atoms with E-state index in [-0.39, 0.29) is 11.8 Å². The number of carbonyl (C=O) groups is 2. The molecule has 0 N–H and O–H groups in total. The second-order valence-corrected chi connectivity index (χ2v) is 9.58. The van der Waals surface area contributed by atoms with E-state index in [9.17, 15) is 9.59 Å². The van der Waals surface area contributed by atoms with Gasteiger partial charge in [0.15, 0.2) is 0 Å². The van der Waals surface area contributed by atoms with Gasteiger partial charge in [0, 0.05) is 9.75 Å². The van der Waals surface area contributed by atoms with E-state index in [1.54, 1.807) is 0 Å². The molecule has 2 heterocycles. The highest BCUT2D eigenvalue weighted by atomic mass is 32.1. The van der Waals surface area contributed by atoms with Crippen LogP contribution in [0.3, 0.4) is 0 Å². The normalized spacial score (nSPS) is 13.4. The Balaban J connectivity index is 1.47. The first-order chi connectivity index (χ1) is 14.0. The summed E-state index contributed by atoms with van der Waals surface area (Å²) in [5.74, 6) is -0.364. The summed E-state index contributed by atoms with van der Waals surface area (Å²) in [5, 5.41) is 0. The Morgan fingerprint density at radius 2 is 1.21 bits per heavy atom. The Hall–Kier alpha value is -1.94. The third-order valence-electron chi connectivity index (χ3n) is 5.86. The number of carbonyl (C=O) groups excluding carboxylic acids is 2. The number of aryl methyl sites for hydroxylation is 3. The summed E-state index contributed by atoms with van der Waals surface area (Å²) >= 11 is 1.53. The van der Waals surface area contributed by atoms with Crippen molar-refractivity contribution in [3.8, 4) is 0 Å². The molecule has 0 saturated heterocycles. The van der Waals surface area contributed by atoms with Crippen LogP contribution in [0, 0.1) is 13.8 Å². The van der Waals surface area contributed by atoms with Crippen molar-refractivity contribution in [3.05, 3.63) is 50.7 Å². The Morgan fingerprint density at radius 3 is 1.72 bits per heavy atom. The van der Waals surface area contributed by atoms with Crippen molar-refractivity contribution in [2.24, 2.45) is 0 Å². The molecular formula is C25H33NO2S. The van der Waals surface area contributed by atoms with Crippen molar-refractivity contribution in [1.82, 2.24) is 0 Å². The number of hydrogen-bond donors (Lipinski definition) is 0. The molecule has 4 heteroatoms. The Morgan fingerprint density at radius 1 is 0.724 bits per heavy atom. The average Bonchev–Trinajstić information content (AvgIpc) is 3.15. The second kappa shape index (κ2) is 10.2. The monoisotopic (exact) mass is 411 g/mol. The van der Waals surface area contributed by atoms with Crippen LogP contribution in [0.15, 0.2) is 24.3 Å². The topological polar surface area (TPSA) is 37.4 Å². The predicted octanol–water partition coefficient (Wildman–Crippen LogP) is 7.24. The number of thiophene rings is 1. The Bertz CT molecular complexity index is 814. The molecule has 0 unspecified atom stereocenters. The second-order valence-electron chi connectivity index (χ2n) is 8.16. The Kier molecular flexibility index (Phi) is 7.65. The minimum Gasteiger partial charge on any atom is -0.268 e. The zero-order valence-electron chi connectivity index (χ0n) is 18.1. The summed E-state index contributed by atoms with van der Waals surface area (Å²) < 4.78 is 0. The maximum absolute atomic E-state index is 12.8. The van der Waals surface area contributed by atoms with Gasteiger partial charge in [0.25, 0.3) is 11.8 Å². The first-order valence-corrected chi connectivity index (χ1v) is 11.9. The summed E-state index contributed by atoms with van der Waals surface area (Å²) in [4.78, 5) is 28.8. The van der Waals surface area contributed by atoms with Gasteiger partial charge in [-0.25, -0.2) is 4.90 Å². The van der Waals surface area contributed by atoms with Crippen LogP contribution < -0.4 is 4.90 Å². The third-order valence-corrected chi connectivity index (χ3v) is 6.88. The molecule has 3 nitrogen and oxygen atoms in total. The van der Waals surface area contributed by atoms with E-state index in [2.05, 4.69) is 19.1 Å². The van der Waals surface area contributed by atoms with Crippen LogP contribution >= 0.6 is 11.3 Å². The van der Waals surface area contributed by atoms with Gasteiger partial charge in [-0.2, -0.15) is 0 Å². The van der Waals surface area contributed by atoms with Crippen LogP contribution in [0.5, 0.6) is 0 Å². The van der Waals surface area contributed by atoms with Gasteiger partial charge in [0.05, 0.1) is 16.8 Å². The minimum absolute atomic E-state index is 0.182. The van der Waals surface area contributed by atoms with E-state index >= 15 is 0 Å². The molecule has 2 amide bonds. The number of benzene rings is 1. The third kappa shape index (κ3) is 4.98. The van der Waals surface area contributed by atoms with Crippen molar-refractivity contribution < 1.29 is 9.59 Å². The SMILES string of the molecule is CCCCCCCCCCCc1ccc(N2C(=O)c3c(C)sc(C)c3C2=O)cc1. The van der Waals surface area contributed by atoms with Gasteiger partial charge >= 0.3 is 0 Å². The van der Waals surface area contributed by atoms with E-state index in [0.29, 0.717) is 16.8 Å². The molecule has 1 aromatic carbocycles. The van der Waals surface area contributed by atoms with E-state index in [4.69, 9.17) is 0 Å². The van der Waals surface area contributed by atoms with Gasteiger partial charge in [-0.15, -0.1) is 11.3 Å². The number of rotatable bonds is 11. The molecule has 0 atom stereocenters. The molecule has 1 aliphatic rings. The minimum atomic E-state index is -0.182. The van der Waals surface area contributed by atoms with Crippen molar-refractivity contribution in [1.29, 1.82) is 0 Å². The fourth-order valence-electron chi connectivity index (χ4n) is 4.20. The fraction of sp³-hybridized carbons (Fsp3) is 0.520. The standard InChI is InChI=1S/C25H33NO2S/c1-4-5-6-7-8-9-10-11-12-13-20-14-16-21(17-15-20)26-24(27)22-18(2)29-19(3)23(22)25(26)28/h14-17H,4-13H2,1-3H3. The zero-order chi connectivity index (χ0) is 20.8. The quantitative estimate of drug-likeness (QED) is 0.289. The maximum Gasteiger partial charge on any atom is 0.267 e. The molecule has 0 spiro atoms. The van der Waals surface area contributed by atoms with Gasteiger partial charge in [-0.05, 0) is 44.4 Å². The van der Waals surface area contributed by atoms with Crippen LogP contribution in [0.4, 0.5) is 5.69 Å². The molecule has 1 aliphatic heterocycles. The first-order valence-electron chi connectivity index (χ1n) is 11.1. The van der Waals surface area contributed by atoms with Gasteiger partial charge < -0.3 is 0 Å². The lowest BCUT2D eigenvalue weighted by atomic mass is 10.0. The molecule has 29 heavy (non-hydrogen) atoms. The number of nitrogens with zero attached hydrogens (tertiary/aromatic N) is 1. The van der Waals surface area contributed by atoms with E-state index in [1.165, 1.54) is 79.6 Å². The van der Waals surface area contributed by atoms with Crippen LogP contribution in [0.2, 0.25) is 0 Å². The number of anilines is 1. The molecule has 0 fully saturated rings. The van der Waals surface area contributed by atoms with Gasteiger partial charge in [-0.3, -0.25) is 9.59 Å². The number of amides is 2. The number of imide groups is 1. The molecule has 0 bridgehead atoms. The molecule has 0 aliphatic carbocycles. The predicted molar refractivity (Wildman–Crippen MR) is 122 cm³/mol. The van der Waals surface area contributed by atoms with Crippen LogP contribution in [0.25, 0.3) is 0 Å². The zero-order valence-corrected chi connectivity index (χ0v) is 18.9. The van der Waals surface area contributed by atoms with E-state index < -0.39 is 0 Å². The number of hydrogen-bond acceptors (Lipinski definition) is 3. The van der Waals surface area contributed by atoms with Crippen molar-refractivity contribution in [2.45, 2.75) is 85.0 Å². The summed E-state index contributed by atoms with van der Waals surface area (Å²) in [6.45, 7) is 6.09. The lowest BCUT2D eigenvalue weighted by Gasteiger charge is -2.15. The van der Waals surface area contributed by atoms with Gasteiger partial charge in [-0.1, -0.05) is 70.4 Å². The maximum atomic E-state index is 12.8. The molecule has 156 valence electrons. The lowest BCUT2D eigenvalue weighted by Crippen LogP contribution is -2.29. The van der Waals surface area contributed by atoms with Crippen molar-refractivity contribution >= 4 is 28.8 Å². The largest absolute Gasteiger partial charge is 0.268 e. The molecule has 1 aromatic heterocycles. The highest BCUT2D eigenvalue weighted by molar-refractivity contribution is 7.12. The summed E-state index contributed by atoms with van der Waals surface area (Å²) in [6.07, 6.45) is 13.0. The summed E-state index contributed by atoms with van der Waals surface area (Å²) in [5.41, 5.74) is 3.14. The fourth-order valence-corrected chi connectivity index (χ4v) is 5.24. The molecule has 0 saturated carbocycles. The average molecular weight is 412 g/mol. The van der Waals surface area contributed by atoms with Crippen LogP contribution in [-0.4, -0.2) is 11.8 Å². The molecular weight excluding hydrogens is 378 g/mol. The first kappa shape index (κ1) is 21.8. The number of unbranched alkanes of at least 4 members (excludes halogenated alkanes) is 8. The van der Waals surface area contributed by atoms with Gasteiger partial charge in [0.1, 0.15) is 0 Å². The number of fused-ring (bicyclic) bond motifs is 1. The van der Waals surface area contributed by atoms with Crippen LogP contribution in [-0.2, 0) is 6.42 Å². The Labute approximate surface area is 179 Å². The highest BCUT2D eigenvalue weighted by Gasteiger charge is 2.40. The molecule has 2 aromatic rings.